The van der Waals surface area contributed by atoms with Crippen LogP contribution in [0.5, 0.6) is 5.75 Å². The number of fused-ring (bicyclic) bond motifs is 1. The molecule has 20 heavy (non-hydrogen) atoms. The summed E-state index contributed by atoms with van der Waals surface area (Å²) >= 11 is 1.55. The van der Waals surface area contributed by atoms with Crippen LogP contribution in [0.3, 0.4) is 0 Å². The molecule has 0 aliphatic carbocycles. The lowest BCUT2D eigenvalue weighted by Crippen LogP contribution is -1.95. The summed E-state index contributed by atoms with van der Waals surface area (Å²) in [6, 6.07) is 7.98. The van der Waals surface area contributed by atoms with Gasteiger partial charge in [0, 0.05) is 12.0 Å². The summed E-state index contributed by atoms with van der Waals surface area (Å²) in [6.07, 6.45) is 1.93. The van der Waals surface area contributed by atoms with E-state index in [9.17, 15) is 0 Å². The van der Waals surface area contributed by atoms with Crippen LogP contribution in [0.4, 0.5) is 0 Å². The van der Waals surface area contributed by atoms with Gasteiger partial charge in [-0.15, -0.1) is 10.2 Å². The van der Waals surface area contributed by atoms with Gasteiger partial charge in [0.25, 0.3) is 0 Å². The molecule has 104 valence electrons. The topological polar surface area (TPSA) is 52.3 Å². The van der Waals surface area contributed by atoms with Crippen LogP contribution < -0.4 is 4.74 Å². The van der Waals surface area contributed by atoms with Gasteiger partial charge in [0.05, 0.1) is 6.61 Å². The summed E-state index contributed by atoms with van der Waals surface area (Å²) < 4.78 is 7.29. The van der Waals surface area contributed by atoms with Gasteiger partial charge in [-0.3, -0.25) is 0 Å². The Morgan fingerprint density at radius 2 is 1.95 bits per heavy atom. The Bertz CT molecular complexity index is 702. The van der Waals surface area contributed by atoms with Crippen LogP contribution in [0.25, 0.3) is 15.5 Å². The number of aromatic nitrogens is 4. The number of benzene rings is 1. The minimum atomic E-state index is 0.677. The summed E-state index contributed by atoms with van der Waals surface area (Å²) in [5.41, 5.74) is 1.08. The van der Waals surface area contributed by atoms with Crippen LogP contribution in [-0.4, -0.2) is 26.4 Å². The van der Waals surface area contributed by atoms with Gasteiger partial charge in [0.15, 0.2) is 5.82 Å². The SMILES string of the molecule is CCCc1nnc2sc(-c3ccc(OCC)cc3)nn12. The van der Waals surface area contributed by atoms with Crippen molar-refractivity contribution in [1.29, 1.82) is 0 Å². The summed E-state index contributed by atoms with van der Waals surface area (Å²) in [4.78, 5) is 0.845. The van der Waals surface area contributed by atoms with Gasteiger partial charge >= 0.3 is 0 Å². The van der Waals surface area contributed by atoms with Crippen molar-refractivity contribution in [2.75, 3.05) is 6.61 Å². The predicted octanol–water partition coefficient (Wildman–Crippen LogP) is 3.20. The molecule has 2 aromatic heterocycles. The lowest BCUT2D eigenvalue weighted by atomic mass is 10.2. The number of nitrogens with zero attached hydrogens (tertiary/aromatic N) is 4. The van der Waals surface area contributed by atoms with E-state index in [4.69, 9.17) is 4.74 Å². The van der Waals surface area contributed by atoms with Crippen molar-refractivity contribution in [3.63, 3.8) is 0 Å². The van der Waals surface area contributed by atoms with Crippen LogP contribution in [0.1, 0.15) is 26.1 Å². The zero-order valence-corrected chi connectivity index (χ0v) is 12.4. The maximum absolute atomic E-state index is 5.45. The average molecular weight is 288 g/mol. The molecule has 0 bridgehead atoms. The minimum Gasteiger partial charge on any atom is -0.494 e. The van der Waals surface area contributed by atoms with E-state index in [1.807, 2.05) is 35.7 Å². The normalized spacial score (nSPS) is 11.1. The molecule has 0 unspecified atom stereocenters. The van der Waals surface area contributed by atoms with Gasteiger partial charge in [-0.1, -0.05) is 18.3 Å². The van der Waals surface area contributed by atoms with Crippen molar-refractivity contribution in [2.45, 2.75) is 26.7 Å². The second kappa shape index (κ2) is 5.58. The molecule has 0 spiro atoms. The van der Waals surface area contributed by atoms with Gasteiger partial charge in [-0.05, 0) is 37.6 Å². The molecule has 6 heteroatoms. The molecule has 3 rings (SSSR count). The first-order valence-corrected chi connectivity index (χ1v) is 7.57. The fraction of sp³-hybridized carbons (Fsp3) is 0.357. The molecule has 0 saturated carbocycles. The van der Waals surface area contributed by atoms with Gasteiger partial charge in [-0.2, -0.15) is 9.61 Å². The summed E-state index contributed by atoms with van der Waals surface area (Å²) in [5.74, 6) is 1.81. The van der Waals surface area contributed by atoms with E-state index in [-0.39, 0.29) is 0 Å². The van der Waals surface area contributed by atoms with Gasteiger partial charge < -0.3 is 4.74 Å². The lowest BCUT2D eigenvalue weighted by molar-refractivity contribution is 0.340. The first-order chi connectivity index (χ1) is 9.81. The van der Waals surface area contributed by atoms with E-state index in [2.05, 4.69) is 22.2 Å². The van der Waals surface area contributed by atoms with E-state index in [0.29, 0.717) is 6.61 Å². The standard InChI is InChI=1S/C14H16N4OS/c1-3-5-12-15-16-14-18(12)17-13(20-14)10-6-8-11(9-7-10)19-4-2/h6-9H,3-5H2,1-2H3. The Hall–Kier alpha value is -1.95. The van der Waals surface area contributed by atoms with E-state index >= 15 is 0 Å². The van der Waals surface area contributed by atoms with Crippen LogP contribution >= 0.6 is 11.3 Å². The zero-order valence-electron chi connectivity index (χ0n) is 11.5. The summed E-state index contributed by atoms with van der Waals surface area (Å²) in [7, 11) is 0. The molecule has 0 saturated heterocycles. The molecule has 5 nitrogen and oxygen atoms in total. The summed E-state index contributed by atoms with van der Waals surface area (Å²) in [6.45, 7) is 4.78. The highest BCUT2D eigenvalue weighted by molar-refractivity contribution is 7.19. The highest BCUT2D eigenvalue weighted by atomic mass is 32.1. The van der Waals surface area contributed by atoms with Crippen LogP contribution in [0, 0.1) is 0 Å². The minimum absolute atomic E-state index is 0.677. The molecule has 1 aromatic carbocycles. The first-order valence-electron chi connectivity index (χ1n) is 6.76. The number of rotatable bonds is 5. The van der Waals surface area contributed by atoms with Crippen LogP contribution in [-0.2, 0) is 6.42 Å². The van der Waals surface area contributed by atoms with Crippen LogP contribution in [0.2, 0.25) is 0 Å². The molecule has 0 radical (unpaired) electrons. The van der Waals surface area contributed by atoms with Crippen molar-refractivity contribution in [1.82, 2.24) is 19.8 Å². The molecule has 0 atom stereocenters. The molecular weight excluding hydrogens is 272 g/mol. The molecule has 0 aliphatic heterocycles. The number of hydrogen-bond donors (Lipinski definition) is 0. The Balaban J connectivity index is 1.93. The van der Waals surface area contributed by atoms with E-state index in [0.717, 1.165) is 39.9 Å². The van der Waals surface area contributed by atoms with E-state index in [1.165, 1.54) is 0 Å². The molecular formula is C14H16N4OS. The number of ether oxygens (including phenoxy) is 1. The predicted molar refractivity (Wildman–Crippen MR) is 79.3 cm³/mol. The van der Waals surface area contributed by atoms with Gasteiger partial charge in [-0.25, -0.2) is 0 Å². The van der Waals surface area contributed by atoms with E-state index < -0.39 is 0 Å². The maximum atomic E-state index is 5.45. The van der Waals surface area contributed by atoms with Gasteiger partial charge in [0.2, 0.25) is 4.96 Å². The number of aryl methyl sites for hydroxylation is 1. The largest absolute Gasteiger partial charge is 0.494 e. The van der Waals surface area contributed by atoms with Crippen molar-refractivity contribution in [3.05, 3.63) is 30.1 Å². The molecule has 0 fully saturated rings. The fourth-order valence-corrected chi connectivity index (χ4v) is 2.88. The van der Waals surface area contributed by atoms with Gasteiger partial charge in [0.1, 0.15) is 10.8 Å². The van der Waals surface area contributed by atoms with Crippen molar-refractivity contribution in [2.24, 2.45) is 0 Å². The molecule has 2 heterocycles. The second-order valence-corrected chi connectivity index (χ2v) is 5.38. The Labute approximate surface area is 121 Å². The molecule has 0 aliphatic rings. The average Bonchev–Trinajstić information content (AvgIpc) is 3.02. The van der Waals surface area contributed by atoms with Crippen molar-refractivity contribution in [3.8, 4) is 16.3 Å². The van der Waals surface area contributed by atoms with Crippen LogP contribution in [0.15, 0.2) is 24.3 Å². The fourth-order valence-electron chi connectivity index (χ4n) is 2.01. The molecule has 0 amide bonds. The smallest absolute Gasteiger partial charge is 0.234 e. The highest BCUT2D eigenvalue weighted by Crippen LogP contribution is 2.27. The first kappa shape index (κ1) is 13.1. The number of hydrogen-bond acceptors (Lipinski definition) is 5. The van der Waals surface area contributed by atoms with Crippen molar-refractivity contribution < 1.29 is 4.74 Å². The third kappa shape index (κ3) is 2.38. The molecule has 3 aromatic rings. The Morgan fingerprint density at radius 3 is 2.65 bits per heavy atom. The van der Waals surface area contributed by atoms with Crippen molar-refractivity contribution >= 4 is 16.3 Å². The molecule has 0 N–H and O–H groups in total. The quantitative estimate of drug-likeness (QED) is 0.723. The zero-order chi connectivity index (χ0) is 13.9. The maximum Gasteiger partial charge on any atom is 0.234 e. The third-order valence-corrected chi connectivity index (χ3v) is 3.89. The highest BCUT2D eigenvalue weighted by Gasteiger charge is 2.12. The van der Waals surface area contributed by atoms with E-state index in [1.54, 1.807) is 11.3 Å². The second-order valence-electron chi connectivity index (χ2n) is 4.43. The monoisotopic (exact) mass is 288 g/mol. The third-order valence-electron chi connectivity index (χ3n) is 2.94. The Morgan fingerprint density at radius 1 is 1.15 bits per heavy atom. The summed E-state index contributed by atoms with van der Waals surface area (Å²) in [5, 5.41) is 13.9. The Kier molecular flexibility index (Phi) is 3.64. The lowest BCUT2D eigenvalue weighted by Gasteiger charge is -2.02.